The van der Waals surface area contributed by atoms with Crippen molar-refractivity contribution in [2.45, 2.75) is 89.5 Å². The summed E-state index contributed by atoms with van der Waals surface area (Å²) >= 11 is 3.42. The number of ether oxygens (including phenoxy) is 3. The van der Waals surface area contributed by atoms with Crippen LogP contribution < -0.4 is 0 Å². The number of halogens is 1. The zero-order chi connectivity index (χ0) is 21.7. The van der Waals surface area contributed by atoms with E-state index in [2.05, 4.69) is 63.0 Å². The van der Waals surface area contributed by atoms with Gasteiger partial charge in [-0.3, -0.25) is 0 Å². The Morgan fingerprint density at radius 3 is 2.48 bits per heavy atom. The highest BCUT2D eigenvalue weighted by Crippen LogP contribution is 2.43. The fourth-order valence-corrected chi connectivity index (χ4v) is 5.13. The van der Waals surface area contributed by atoms with Crippen LogP contribution in [-0.4, -0.2) is 46.6 Å². The summed E-state index contributed by atoms with van der Waals surface area (Å²) in [7, 11) is -1.84. The topological polar surface area (TPSA) is 36.9 Å². The van der Waals surface area contributed by atoms with E-state index in [0.717, 1.165) is 36.8 Å². The monoisotopic (exact) mass is 488 g/mol. The lowest BCUT2D eigenvalue weighted by Crippen LogP contribution is -2.44. The van der Waals surface area contributed by atoms with Crippen LogP contribution in [0.15, 0.2) is 23.7 Å². The van der Waals surface area contributed by atoms with Crippen LogP contribution in [0.2, 0.25) is 18.1 Å². The molecule has 0 spiro atoms. The molecule has 1 heterocycles. The molecule has 2 aliphatic rings. The molecule has 6 heteroatoms. The van der Waals surface area contributed by atoms with Crippen molar-refractivity contribution in [2.75, 3.05) is 19.8 Å². The Labute approximate surface area is 187 Å². The third-order valence-electron chi connectivity index (χ3n) is 6.77. The van der Waals surface area contributed by atoms with Crippen molar-refractivity contribution in [3.63, 3.8) is 0 Å². The van der Waals surface area contributed by atoms with Gasteiger partial charge in [-0.15, -0.1) is 6.58 Å². The van der Waals surface area contributed by atoms with Crippen LogP contribution in [-0.2, 0) is 18.6 Å². The van der Waals surface area contributed by atoms with Crippen LogP contribution in [0.5, 0.6) is 0 Å². The largest absolute Gasteiger partial charge is 0.416 e. The average Bonchev–Trinajstić information content (AvgIpc) is 2.95. The molecule has 1 aliphatic heterocycles. The van der Waals surface area contributed by atoms with Crippen LogP contribution in [0.25, 0.3) is 0 Å². The Hall–Kier alpha value is 0.0169. The van der Waals surface area contributed by atoms with Crippen molar-refractivity contribution in [1.29, 1.82) is 0 Å². The van der Waals surface area contributed by atoms with E-state index >= 15 is 0 Å². The quantitative estimate of drug-likeness (QED) is 0.262. The van der Waals surface area contributed by atoms with E-state index in [1.807, 2.05) is 6.08 Å². The highest BCUT2D eigenvalue weighted by atomic mass is 79.9. The molecule has 168 valence electrons. The van der Waals surface area contributed by atoms with Gasteiger partial charge in [-0.05, 0) is 49.7 Å². The molecule has 1 saturated heterocycles. The van der Waals surface area contributed by atoms with Gasteiger partial charge in [0.15, 0.2) is 14.6 Å². The van der Waals surface area contributed by atoms with Gasteiger partial charge in [0.2, 0.25) is 0 Å². The van der Waals surface area contributed by atoms with Crippen LogP contribution in [0.4, 0.5) is 0 Å². The molecule has 1 unspecified atom stereocenters. The van der Waals surface area contributed by atoms with Crippen molar-refractivity contribution in [3.05, 3.63) is 23.7 Å². The fourth-order valence-electron chi connectivity index (χ4n) is 3.96. The summed E-state index contributed by atoms with van der Waals surface area (Å²) in [5.74, 6) is 0.610. The Bertz CT molecular complexity index is 539. The highest BCUT2D eigenvalue weighted by Gasteiger charge is 2.47. The molecule has 0 bridgehead atoms. The highest BCUT2D eigenvalue weighted by molar-refractivity contribution is 9.11. The third-order valence-corrected chi connectivity index (χ3v) is 11.5. The average molecular weight is 490 g/mol. The van der Waals surface area contributed by atoms with E-state index in [1.54, 1.807) is 0 Å². The lowest BCUT2D eigenvalue weighted by Gasteiger charge is -2.38. The van der Waals surface area contributed by atoms with Crippen LogP contribution in [0.1, 0.15) is 52.9 Å². The standard InChI is InChI=1S/C23H41BrO4Si/c1-8-11-18-19(16-27-29(6,7)23(3,4)5)21(14-20(18)26-15-17(2)24)28-22-12-9-10-13-25-22/h8,18-22H,1-2,9-16H2,3-7H3/t18-,19-,20+,21-,22?/m1/s1. The number of hydrogen-bond acceptors (Lipinski definition) is 4. The summed E-state index contributed by atoms with van der Waals surface area (Å²) in [6.45, 7) is 21.4. The number of hydrogen-bond donors (Lipinski definition) is 0. The predicted octanol–water partition coefficient (Wildman–Crippen LogP) is 6.43. The summed E-state index contributed by atoms with van der Waals surface area (Å²) in [5, 5.41) is 0.186. The zero-order valence-corrected chi connectivity index (χ0v) is 21.6. The van der Waals surface area contributed by atoms with Crippen molar-refractivity contribution >= 4 is 24.2 Å². The molecular formula is C23H41BrO4Si. The van der Waals surface area contributed by atoms with E-state index in [4.69, 9.17) is 18.6 Å². The second kappa shape index (κ2) is 11.1. The van der Waals surface area contributed by atoms with Gasteiger partial charge in [-0.25, -0.2) is 0 Å². The predicted molar refractivity (Wildman–Crippen MR) is 126 cm³/mol. The second-order valence-electron chi connectivity index (χ2n) is 10.00. The molecule has 1 aliphatic carbocycles. The molecule has 1 saturated carbocycles. The minimum atomic E-state index is -1.84. The summed E-state index contributed by atoms with van der Waals surface area (Å²) in [6, 6.07) is 0. The van der Waals surface area contributed by atoms with Crippen molar-refractivity contribution in [3.8, 4) is 0 Å². The summed E-state index contributed by atoms with van der Waals surface area (Å²) in [4.78, 5) is 0. The van der Waals surface area contributed by atoms with Gasteiger partial charge in [0.1, 0.15) is 0 Å². The molecule has 0 aromatic heterocycles. The molecule has 0 radical (unpaired) electrons. The summed E-state index contributed by atoms with van der Waals surface area (Å²) in [5.41, 5.74) is 0. The Morgan fingerprint density at radius 2 is 1.93 bits per heavy atom. The Kier molecular flexibility index (Phi) is 9.63. The normalized spacial score (nSPS) is 31.0. The SMILES string of the molecule is C=CC[C@@H]1[C@@H](CO[Si](C)(C)C(C)(C)C)[C@H](OC2CCCCO2)C[C@@H]1OCC(=C)Br. The van der Waals surface area contributed by atoms with Gasteiger partial charge in [-0.2, -0.15) is 0 Å². The molecule has 4 nitrogen and oxygen atoms in total. The van der Waals surface area contributed by atoms with Gasteiger partial charge in [0.25, 0.3) is 0 Å². The maximum atomic E-state index is 6.65. The second-order valence-corrected chi connectivity index (χ2v) is 15.9. The Balaban J connectivity index is 2.14. The van der Waals surface area contributed by atoms with E-state index in [9.17, 15) is 0 Å². The van der Waals surface area contributed by atoms with Crippen molar-refractivity contribution in [1.82, 2.24) is 0 Å². The molecule has 0 amide bonds. The smallest absolute Gasteiger partial charge is 0.191 e. The Morgan fingerprint density at radius 1 is 1.21 bits per heavy atom. The van der Waals surface area contributed by atoms with Gasteiger partial charge in [-0.1, -0.05) is 49.4 Å². The summed E-state index contributed by atoms with van der Waals surface area (Å²) in [6.07, 6.45) is 7.14. The van der Waals surface area contributed by atoms with Gasteiger partial charge in [0.05, 0.1) is 18.8 Å². The molecule has 5 atom stereocenters. The van der Waals surface area contributed by atoms with E-state index < -0.39 is 8.32 Å². The molecule has 2 fully saturated rings. The van der Waals surface area contributed by atoms with E-state index in [0.29, 0.717) is 19.1 Å². The minimum Gasteiger partial charge on any atom is -0.416 e. The fraction of sp³-hybridized carbons (Fsp3) is 0.826. The summed E-state index contributed by atoms with van der Waals surface area (Å²) < 4.78 is 26.1. The lowest BCUT2D eigenvalue weighted by atomic mass is 9.91. The maximum absolute atomic E-state index is 6.65. The number of rotatable bonds is 10. The van der Waals surface area contributed by atoms with Crippen LogP contribution in [0, 0.1) is 11.8 Å². The van der Waals surface area contributed by atoms with Crippen molar-refractivity contribution in [2.24, 2.45) is 11.8 Å². The van der Waals surface area contributed by atoms with Crippen LogP contribution in [0.3, 0.4) is 0 Å². The third kappa shape index (κ3) is 7.29. The lowest BCUT2D eigenvalue weighted by molar-refractivity contribution is -0.198. The van der Waals surface area contributed by atoms with Crippen LogP contribution >= 0.6 is 15.9 Å². The molecule has 29 heavy (non-hydrogen) atoms. The first-order valence-corrected chi connectivity index (χ1v) is 14.7. The maximum Gasteiger partial charge on any atom is 0.191 e. The molecule has 0 N–H and O–H groups in total. The van der Waals surface area contributed by atoms with Gasteiger partial charge in [0, 0.05) is 30.0 Å². The number of allylic oxidation sites excluding steroid dienone is 1. The zero-order valence-electron chi connectivity index (χ0n) is 19.0. The molecule has 2 rings (SSSR count). The van der Waals surface area contributed by atoms with Gasteiger partial charge < -0.3 is 18.6 Å². The van der Waals surface area contributed by atoms with E-state index in [1.165, 1.54) is 6.42 Å². The molecule has 0 aromatic carbocycles. The molecular weight excluding hydrogens is 448 g/mol. The minimum absolute atomic E-state index is 0.0846. The molecule has 0 aromatic rings. The first-order chi connectivity index (χ1) is 13.5. The first-order valence-electron chi connectivity index (χ1n) is 11.0. The van der Waals surface area contributed by atoms with Gasteiger partial charge >= 0.3 is 0 Å². The van der Waals surface area contributed by atoms with E-state index in [-0.39, 0.29) is 29.5 Å². The van der Waals surface area contributed by atoms with Crippen molar-refractivity contribution < 1.29 is 18.6 Å². The first kappa shape index (κ1) is 25.3.